The van der Waals surface area contributed by atoms with E-state index in [4.69, 9.17) is 0 Å². The molecular formula is C11H18BrN5O. The number of anilines is 1. The molecule has 0 aliphatic carbocycles. The first-order valence-electron chi connectivity index (χ1n) is 6.06. The van der Waals surface area contributed by atoms with Crippen molar-refractivity contribution in [3.63, 3.8) is 0 Å². The molecule has 1 aromatic rings. The van der Waals surface area contributed by atoms with Crippen LogP contribution in [0.2, 0.25) is 0 Å². The maximum absolute atomic E-state index is 11.5. The number of aromatic amines is 1. The Balaban J connectivity index is 1.92. The molecule has 6 nitrogen and oxygen atoms in total. The maximum Gasteiger partial charge on any atom is 0.267 e. The summed E-state index contributed by atoms with van der Waals surface area (Å²) in [7, 11) is 1.95. The fourth-order valence-corrected chi connectivity index (χ4v) is 2.49. The summed E-state index contributed by atoms with van der Waals surface area (Å²) in [6.45, 7) is 6.11. The number of nitrogens with zero attached hydrogens (tertiary/aromatic N) is 3. The molecule has 1 aromatic heterocycles. The van der Waals surface area contributed by atoms with E-state index in [1.807, 2.05) is 11.9 Å². The van der Waals surface area contributed by atoms with Gasteiger partial charge in [0.05, 0.1) is 6.33 Å². The van der Waals surface area contributed by atoms with Crippen molar-refractivity contribution in [2.75, 3.05) is 51.2 Å². The molecule has 0 atom stereocenters. The number of likely N-dealkylation sites (N-methyl/N-ethyl adjacent to an activating group) is 1. The van der Waals surface area contributed by atoms with E-state index in [1.54, 1.807) is 0 Å². The molecule has 0 amide bonds. The minimum atomic E-state index is -0.144. The summed E-state index contributed by atoms with van der Waals surface area (Å²) in [5.74, 6) is 0.689. The van der Waals surface area contributed by atoms with Gasteiger partial charge in [-0.3, -0.25) is 9.69 Å². The van der Waals surface area contributed by atoms with Crippen LogP contribution in [0.5, 0.6) is 0 Å². The van der Waals surface area contributed by atoms with Crippen molar-refractivity contribution in [1.82, 2.24) is 20.2 Å². The van der Waals surface area contributed by atoms with Crippen LogP contribution in [0, 0.1) is 0 Å². The molecule has 1 fully saturated rings. The van der Waals surface area contributed by atoms with Gasteiger partial charge in [0.2, 0.25) is 0 Å². The van der Waals surface area contributed by atoms with Gasteiger partial charge in [-0.05, 0) is 15.9 Å². The van der Waals surface area contributed by atoms with Crippen LogP contribution in [0.15, 0.2) is 15.6 Å². The van der Waals surface area contributed by atoms with Crippen LogP contribution in [0.1, 0.15) is 0 Å². The van der Waals surface area contributed by atoms with Gasteiger partial charge in [-0.15, -0.1) is 0 Å². The molecule has 0 radical (unpaired) electrons. The van der Waals surface area contributed by atoms with Crippen molar-refractivity contribution < 1.29 is 0 Å². The molecule has 0 saturated carbocycles. The van der Waals surface area contributed by atoms with Crippen LogP contribution in [0.3, 0.4) is 0 Å². The van der Waals surface area contributed by atoms with Crippen molar-refractivity contribution in [3.8, 4) is 0 Å². The molecule has 0 spiro atoms. The Bertz CT molecular complexity index is 443. The monoisotopic (exact) mass is 315 g/mol. The summed E-state index contributed by atoms with van der Waals surface area (Å²) in [5.41, 5.74) is -0.144. The number of nitrogens with one attached hydrogen (secondary N) is 2. The Labute approximate surface area is 115 Å². The quantitative estimate of drug-likeness (QED) is 0.810. The second-order valence-corrected chi connectivity index (χ2v) is 5.18. The van der Waals surface area contributed by atoms with Crippen LogP contribution in [0.25, 0.3) is 0 Å². The molecule has 0 aromatic carbocycles. The van der Waals surface area contributed by atoms with E-state index in [0.717, 1.165) is 39.3 Å². The number of halogens is 1. The van der Waals surface area contributed by atoms with Crippen molar-refractivity contribution in [1.29, 1.82) is 0 Å². The lowest BCUT2D eigenvalue weighted by atomic mass is 10.3. The van der Waals surface area contributed by atoms with E-state index < -0.39 is 0 Å². The Morgan fingerprint density at radius 2 is 2.22 bits per heavy atom. The lowest BCUT2D eigenvalue weighted by Crippen LogP contribution is -2.46. The lowest BCUT2D eigenvalue weighted by molar-refractivity contribution is 0.246. The van der Waals surface area contributed by atoms with E-state index in [9.17, 15) is 4.79 Å². The zero-order chi connectivity index (χ0) is 13.0. The fourth-order valence-electron chi connectivity index (χ4n) is 1.97. The maximum atomic E-state index is 11.5. The SMILES string of the molecule is CN(CCN1CCNCC1)c1nc[nH]c(=O)c1Br. The summed E-state index contributed by atoms with van der Waals surface area (Å²) in [5, 5.41) is 3.33. The van der Waals surface area contributed by atoms with Gasteiger partial charge in [-0.1, -0.05) is 0 Å². The highest BCUT2D eigenvalue weighted by Gasteiger charge is 2.13. The minimum Gasteiger partial charge on any atom is -0.357 e. The highest BCUT2D eigenvalue weighted by Crippen LogP contribution is 2.16. The number of rotatable bonds is 4. The molecule has 1 saturated heterocycles. The van der Waals surface area contributed by atoms with Gasteiger partial charge in [0.25, 0.3) is 5.56 Å². The Kier molecular flexibility index (Phi) is 4.73. The molecule has 1 aliphatic rings. The molecule has 18 heavy (non-hydrogen) atoms. The summed E-state index contributed by atoms with van der Waals surface area (Å²) in [6, 6.07) is 0. The third-order valence-corrected chi connectivity index (χ3v) is 3.82. The van der Waals surface area contributed by atoms with E-state index in [2.05, 4.69) is 36.1 Å². The largest absolute Gasteiger partial charge is 0.357 e. The first kappa shape index (κ1) is 13.5. The van der Waals surface area contributed by atoms with Gasteiger partial charge in [-0.25, -0.2) is 4.98 Å². The second kappa shape index (κ2) is 6.31. The topological polar surface area (TPSA) is 64.3 Å². The van der Waals surface area contributed by atoms with Gasteiger partial charge in [0.15, 0.2) is 0 Å². The van der Waals surface area contributed by atoms with E-state index in [1.165, 1.54) is 6.33 Å². The number of aromatic nitrogens is 2. The number of hydrogen-bond acceptors (Lipinski definition) is 5. The highest BCUT2D eigenvalue weighted by molar-refractivity contribution is 9.10. The zero-order valence-corrected chi connectivity index (χ0v) is 12.0. The fraction of sp³-hybridized carbons (Fsp3) is 0.636. The predicted octanol–water partition coefficient (Wildman–Crippen LogP) is -0.126. The lowest BCUT2D eigenvalue weighted by Gasteiger charge is -2.29. The zero-order valence-electron chi connectivity index (χ0n) is 10.4. The minimum absolute atomic E-state index is 0.144. The van der Waals surface area contributed by atoms with E-state index in [0.29, 0.717) is 10.3 Å². The molecule has 2 rings (SSSR count). The van der Waals surface area contributed by atoms with Crippen LogP contribution in [0.4, 0.5) is 5.82 Å². The smallest absolute Gasteiger partial charge is 0.267 e. The van der Waals surface area contributed by atoms with Gasteiger partial charge in [0.1, 0.15) is 10.3 Å². The van der Waals surface area contributed by atoms with Gasteiger partial charge in [0, 0.05) is 46.3 Å². The van der Waals surface area contributed by atoms with Crippen LogP contribution >= 0.6 is 15.9 Å². The summed E-state index contributed by atoms with van der Waals surface area (Å²) in [4.78, 5) is 22.6. The first-order chi connectivity index (χ1) is 8.68. The number of piperazine rings is 1. The van der Waals surface area contributed by atoms with Crippen LogP contribution in [-0.2, 0) is 0 Å². The number of hydrogen-bond donors (Lipinski definition) is 2. The van der Waals surface area contributed by atoms with E-state index >= 15 is 0 Å². The average molecular weight is 316 g/mol. The first-order valence-corrected chi connectivity index (χ1v) is 6.85. The van der Waals surface area contributed by atoms with Crippen molar-refractivity contribution in [3.05, 3.63) is 21.2 Å². The highest BCUT2D eigenvalue weighted by atomic mass is 79.9. The molecule has 100 valence electrons. The molecule has 1 aliphatic heterocycles. The molecule has 0 bridgehead atoms. The standard InChI is InChI=1S/C11H18BrN5O/c1-16(6-7-17-4-2-13-3-5-17)10-9(12)11(18)15-8-14-10/h8,13H,2-7H2,1H3,(H,14,15,18). The Morgan fingerprint density at radius 1 is 1.50 bits per heavy atom. The van der Waals surface area contributed by atoms with Gasteiger partial charge in [-0.2, -0.15) is 0 Å². The third kappa shape index (κ3) is 3.30. The molecular weight excluding hydrogens is 298 g/mol. The summed E-state index contributed by atoms with van der Waals surface area (Å²) >= 11 is 3.28. The van der Waals surface area contributed by atoms with Gasteiger partial charge >= 0.3 is 0 Å². The third-order valence-electron chi connectivity index (χ3n) is 3.10. The summed E-state index contributed by atoms with van der Waals surface area (Å²) < 4.78 is 0.493. The second-order valence-electron chi connectivity index (χ2n) is 4.38. The van der Waals surface area contributed by atoms with Crippen molar-refractivity contribution in [2.24, 2.45) is 0 Å². The van der Waals surface area contributed by atoms with Gasteiger partial charge < -0.3 is 15.2 Å². The molecule has 7 heteroatoms. The summed E-state index contributed by atoms with van der Waals surface area (Å²) in [6.07, 6.45) is 1.43. The Morgan fingerprint density at radius 3 is 2.94 bits per heavy atom. The Hall–Kier alpha value is -0.920. The van der Waals surface area contributed by atoms with Crippen LogP contribution in [-0.4, -0.2) is 61.2 Å². The van der Waals surface area contributed by atoms with Crippen molar-refractivity contribution >= 4 is 21.7 Å². The molecule has 0 unspecified atom stereocenters. The van der Waals surface area contributed by atoms with Crippen LogP contribution < -0.4 is 15.8 Å². The normalized spacial score (nSPS) is 16.8. The molecule has 2 heterocycles. The predicted molar refractivity (Wildman–Crippen MR) is 75.1 cm³/mol. The van der Waals surface area contributed by atoms with Crippen molar-refractivity contribution in [2.45, 2.75) is 0 Å². The molecule has 2 N–H and O–H groups in total. The number of H-pyrrole nitrogens is 1. The average Bonchev–Trinajstić information content (AvgIpc) is 2.40. The van der Waals surface area contributed by atoms with E-state index in [-0.39, 0.29) is 5.56 Å².